The number of nitrogens with two attached hydrogens (primary N) is 1. The Morgan fingerprint density at radius 1 is 1.26 bits per heavy atom. The van der Waals surface area contributed by atoms with Crippen molar-refractivity contribution in [3.8, 4) is 0 Å². The van der Waals surface area contributed by atoms with Crippen molar-refractivity contribution in [2.24, 2.45) is 5.73 Å². The van der Waals surface area contributed by atoms with Gasteiger partial charge in [-0.3, -0.25) is 0 Å². The molecule has 0 spiro atoms. The van der Waals surface area contributed by atoms with Gasteiger partial charge in [0, 0.05) is 17.3 Å². The summed E-state index contributed by atoms with van der Waals surface area (Å²) < 4.78 is 0. The van der Waals surface area contributed by atoms with E-state index in [1.807, 2.05) is 25.1 Å². The zero-order chi connectivity index (χ0) is 14.0. The molecule has 19 heavy (non-hydrogen) atoms. The van der Waals surface area contributed by atoms with E-state index in [0.717, 1.165) is 22.7 Å². The maximum absolute atomic E-state index is 6.04. The van der Waals surface area contributed by atoms with Gasteiger partial charge in [0.15, 0.2) is 0 Å². The highest BCUT2D eigenvalue weighted by Gasteiger charge is 2.16. The first kappa shape index (κ1) is 14.8. The lowest BCUT2D eigenvalue weighted by Crippen LogP contribution is -2.15. The molecular weight excluding hydrogens is 299 g/mol. The zero-order valence-corrected chi connectivity index (χ0v) is 13.2. The molecule has 0 radical (unpaired) electrons. The van der Waals surface area contributed by atoms with E-state index in [0.29, 0.717) is 16.6 Å². The van der Waals surface area contributed by atoms with Crippen LogP contribution in [0.25, 0.3) is 0 Å². The van der Waals surface area contributed by atoms with Crippen molar-refractivity contribution < 1.29 is 0 Å². The quantitative estimate of drug-likeness (QED) is 0.911. The number of halogens is 2. The van der Waals surface area contributed by atoms with Crippen molar-refractivity contribution in [1.82, 2.24) is 4.98 Å². The average molecular weight is 315 g/mol. The summed E-state index contributed by atoms with van der Waals surface area (Å²) in [6.07, 6.45) is 0.833. The number of rotatable bonds is 4. The molecule has 0 aliphatic carbocycles. The summed E-state index contributed by atoms with van der Waals surface area (Å²) in [6.45, 7) is 4.69. The molecular formula is C14H16Cl2N2S. The first-order chi connectivity index (χ1) is 9.01. The molecule has 0 fully saturated rings. The second-order valence-corrected chi connectivity index (χ2v) is 6.63. The van der Waals surface area contributed by atoms with Gasteiger partial charge < -0.3 is 5.73 Å². The molecule has 0 saturated carbocycles. The van der Waals surface area contributed by atoms with Crippen molar-refractivity contribution in [1.29, 1.82) is 0 Å². The Kier molecular flexibility index (Phi) is 4.85. The van der Waals surface area contributed by atoms with Crippen LogP contribution in [0.5, 0.6) is 0 Å². The van der Waals surface area contributed by atoms with E-state index >= 15 is 0 Å². The molecule has 2 N–H and O–H groups in total. The van der Waals surface area contributed by atoms with Crippen LogP contribution in [-0.2, 0) is 6.42 Å². The number of aromatic nitrogens is 1. The maximum atomic E-state index is 6.04. The summed E-state index contributed by atoms with van der Waals surface area (Å²) in [5.41, 5.74) is 8.11. The third-order valence-electron chi connectivity index (χ3n) is 3.14. The fraction of sp³-hybridized carbons (Fsp3) is 0.357. The summed E-state index contributed by atoms with van der Waals surface area (Å²) in [5, 5.41) is 2.26. The third-order valence-corrected chi connectivity index (χ3v) is 5.12. The smallest absolute Gasteiger partial charge is 0.0977 e. The molecule has 0 saturated heterocycles. The molecule has 2 nitrogen and oxygen atoms in total. The summed E-state index contributed by atoms with van der Waals surface area (Å²) in [7, 11) is 0. The second-order valence-electron chi connectivity index (χ2n) is 4.58. The first-order valence-electron chi connectivity index (χ1n) is 6.09. The summed E-state index contributed by atoms with van der Waals surface area (Å²) in [4.78, 5) is 5.85. The molecule has 102 valence electrons. The van der Waals surface area contributed by atoms with Gasteiger partial charge in [0.25, 0.3) is 0 Å². The molecule has 0 aliphatic heterocycles. The van der Waals surface area contributed by atoms with E-state index in [2.05, 4.69) is 11.9 Å². The summed E-state index contributed by atoms with van der Waals surface area (Å²) >= 11 is 13.7. The van der Waals surface area contributed by atoms with Gasteiger partial charge in [-0.25, -0.2) is 4.98 Å². The Hall–Kier alpha value is -0.610. The largest absolute Gasteiger partial charge is 0.330 e. The Balaban J connectivity index is 2.21. The van der Waals surface area contributed by atoms with Crippen LogP contribution < -0.4 is 5.73 Å². The van der Waals surface area contributed by atoms with Crippen LogP contribution in [0.2, 0.25) is 10.0 Å². The lowest BCUT2D eigenvalue weighted by molar-refractivity contribution is 0.687. The van der Waals surface area contributed by atoms with Crippen molar-refractivity contribution in [2.45, 2.75) is 26.2 Å². The average Bonchev–Trinajstić information content (AvgIpc) is 2.71. The zero-order valence-electron chi connectivity index (χ0n) is 10.9. The van der Waals surface area contributed by atoms with E-state index in [4.69, 9.17) is 28.9 Å². The number of nitrogens with zero attached hydrogens (tertiary/aromatic N) is 1. The Bertz CT molecular complexity index is 561. The monoisotopic (exact) mass is 314 g/mol. The van der Waals surface area contributed by atoms with Gasteiger partial charge in [-0.05, 0) is 38.0 Å². The molecule has 5 heteroatoms. The second kappa shape index (κ2) is 6.23. The molecule has 2 aromatic rings. The van der Waals surface area contributed by atoms with Gasteiger partial charge in [0.2, 0.25) is 0 Å². The highest BCUT2D eigenvalue weighted by molar-refractivity contribution is 7.11. The highest BCUT2D eigenvalue weighted by Crippen LogP contribution is 2.29. The van der Waals surface area contributed by atoms with Crippen LogP contribution in [0.4, 0.5) is 0 Å². The SMILES string of the molecule is Cc1nc(C(CN)Cc2ccc(Cl)c(Cl)c2)sc1C. The van der Waals surface area contributed by atoms with Crippen molar-refractivity contribution in [3.63, 3.8) is 0 Å². The van der Waals surface area contributed by atoms with Crippen LogP contribution >= 0.6 is 34.5 Å². The number of benzene rings is 1. The standard InChI is InChI=1S/C14H16Cl2N2S/c1-8-9(2)19-14(18-8)11(7-17)5-10-3-4-12(15)13(16)6-10/h3-4,6,11H,5,7,17H2,1-2H3. The van der Waals surface area contributed by atoms with Crippen LogP contribution in [0.3, 0.4) is 0 Å². The number of hydrogen-bond donors (Lipinski definition) is 1. The van der Waals surface area contributed by atoms with E-state index in [9.17, 15) is 0 Å². The maximum Gasteiger partial charge on any atom is 0.0977 e. The van der Waals surface area contributed by atoms with E-state index in [1.165, 1.54) is 4.88 Å². The lowest BCUT2D eigenvalue weighted by Gasteiger charge is -2.12. The molecule has 1 atom stereocenters. The van der Waals surface area contributed by atoms with Gasteiger partial charge in [0.05, 0.1) is 20.7 Å². The number of hydrogen-bond acceptors (Lipinski definition) is 3. The van der Waals surface area contributed by atoms with Crippen molar-refractivity contribution in [3.05, 3.63) is 49.4 Å². The van der Waals surface area contributed by atoms with Crippen LogP contribution in [0.1, 0.15) is 27.1 Å². The summed E-state index contributed by atoms with van der Waals surface area (Å²) in [6, 6.07) is 5.72. The molecule has 1 aromatic carbocycles. The van der Waals surface area contributed by atoms with Gasteiger partial charge in [-0.1, -0.05) is 29.3 Å². The van der Waals surface area contributed by atoms with Gasteiger partial charge in [-0.2, -0.15) is 0 Å². The van der Waals surface area contributed by atoms with E-state index in [-0.39, 0.29) is 5.92 Å². The van der Waals surface area contributed by atoms with Gasteiger partial charge in [0.1, 0.15) is 0 Å². The molecule has 1 unspecified atom stereocenters. The van der Waals surface area contributed by atoms with Crippen LogP contribution in [-0.4, -0.2) is 11.5 Å². The minimum atomic E-state index is 0.231. The molecule has 0 aliphatic rings. The van der Waals surface area contributed by atoms with Gasteiger partial charge in [-0.15, -0.1) is 11.3 Å². The first-order valence-corrected chi connectivity index (χ1v) is 7.66. The predicted molar refractivity (Wildman–Crippen MR) is 83.5 cm³/mol. The minimum absolute atomic E-state index is 0.231. The molecule has 0 bridgehead atoms. The number of thiazole rings is 1. The Labute approximate surface area is 127 Å². The van der Waals surface area contributed by atoms with E-state index < -0.39 is 0 Å². The normalized spacial score (nSPS) is 12.7. The van der Waals surface area contributed by atoms with Gasteiger partial charge >= 0.3 is 0 Å². The Morgan fingerprint density at radius 3 is 2.53 bits per heavy atom. The molecule has 2 rings (SSSR count). The molecule has 1 heterocycles. The van der Waals surface area contributed by atoms with Crippen molar-refractivity contribution in [2.75, 3.05) is 6.54 Å². The highest BCUT2D eigenvalue weighted by atomic mass is 35.5. The summed E-state index contributed by atoms with van der Waals surface area (Å²) in [5.74, 6) is 0.231. The third kappa shape index (κ3) is 3.48. The molecule has 0 amide bonds. The Morgan fingerprint density at radius 2 is 2.00 bits per heavy atom. The minimum Gasteiger partial charge on any atom is -0.330 e. The lowest BCUT2D eigenvalue weighted by atomic mass is 10.00. The predicted octanol–water partition coefficient (Wildman–Crippen LogP) is 4.35. The fourth-order valence-corrected chi connectivity index (χ4v) is 3.25. The molecule has 1 aromatic heterocycles. The van der Waals surface area contributed by atoms with E-state index in [1.54, 1.807) is 11.3 Å². The van der Waals surface area contributed by atoms with Crippen LogP contribution in [0.15, 0.2) is 18.2 Å². The topological polar surface area (TPSA) is 38.9 Å². The van der Waals surface area contributed by atoms with Crippen LogP contribution in [0, 0.1) is 13.8 Å². The number of aryl methyl sites for hydroxylation is 2. The fourth-order valence-electron chi connectivity index (χ4n) is 1.89. The van der Waals surface area contributed by atoms with Crippen molar-refractivity contribution >= 4 is 34.5 Å².